The van der Waals surface area contributed by atoms with Crippen molar-refractivity contribution in [3.05, 3.63) is 0 Å². The molecule has 0 radical (unpaired) electrons. The molecule has 0 aromatic carbocycles. The van der Waals surface area contributed by atoms with Crippen LogP contribution in [-0.2, 0) is 0 Å². The highest BCUT2D eigenvalue weighted by atomic mass is 16.3. The van der Waals surface area contributed by atoms with E-state index in [0.29, 0.717) is 22.8 Å². The molecule has 1 unspecified atom stereocenters. The molecule has 4 aliphatic carbocycles. The number of nitrogens with two attached hydrogens (primary N) is 1. The molecule has 23 heavy (non-hydrogen) atoms. The Morgan fingerprint density at radius 2 is 1.61 bits per heavy atom. The van der Waals surface area contributed by atoms with Gasteiger partial charge in [0, 0.05) is 6.04 Å². The van der Waals surface area contributed by atoms with Crippen LogP contribution in [0.4, 0.5) is 0 Å². The van der Waals surface area contributed by atoms with E-state index in [0.717, 1.165) is 36.5 Å². The van der Waals surface area contributed by atoms with Crippen molar-refractivity contribution in [3.63, 3.8) is 0 Å². The fraction of sp³-hybridized carbons (Fsp3) is 1.00. The van der Waals surface area contributed by atoms with Crippen molar-refractivity contribution in [1.82, 2.24) is 0 Å². The Hall–Kier alpha value is -0.0800. The molecule has 0 heterocycles. The average molecular weight is 320 g/mol. The summed E-state index contributed by atoms with van der Waals surface area (Å²) in [5, 5.41) is 11.0. The highest BCUT2D eigenvalue weighted by molar-refractivity contribution is 5.11. The van der Waals surface area contributed by atoms with Crippen LogP contribution in [0.1, 0.15) is 78.6 Å². The predicted molar refractivity (Wildman–Crippen MR) is 94.9 cm³/mol. The Balaban J connectivity index is 1.65. The number of aliphatic hydroxyl groups is 1. The van der Waals surface area contributed by atoms with E-state index < -0.39 is 0 Å². The molecule has 0 saturated heterocycles. The molecular formula is C21H37NO. The van der Waals surface area contributed by atoms with Crippen LogP contribution in [0.2, 0.25) is 0 Å². The van der Waals surface area contributed by atoms with E-state index in [9.17, 15) is 5.11 Å². The Kier molecular flexibility index (Phi) is 3.89. The van der Waals surface area contributed by atoms with Gasteiger partial charge in [-0.25, -0.2) is 0 Å². The van der Waals surface area contributed by atoms with E-state index in [1.165, 1.54) is 44.9 Å². The SMILES string of the molecule is CC[C@H]1CC[C@H]2[C@@H]3C[C@@H](O)C4C[C@H](N)CC[C@]4(C)[C@H]3CC[C@]12C. The first-order valence-corrected chi connectivity index (χ1v) is 10.3. The van der Waals surface area contributed by atoms with Gasteiger partial charge in [-0.05, 0) is 91.8 Å². The van der Waals surface area contributed by atoms with Crippen LogP contribution >= 0.6 is 0 Å². The molecule has 3 N–H and O–H groups in total. The Morgan fingerprint density at radius 3 is 2.35 bits per heavy atom. The molecule has 0 aromatic rings. The summed E-state index contributed by atoms with van der Waals surface area (Å²) in [6, 6.07) is 0.323. The van der Waals surface area contributed by atoms with Gasteiger partial charge in [0.2, 0.25) is 0 Å². The van der Waals surface area contributed by atoms with E-state index in [1.807, 2.05) is 0 Å². The Labute approximate surface area is 142 Å². The predicted octanol–water partition coefficient (Wildman–Crippen LogP) is 4.35. The normalized spacial score (nSPS) is 59.1. The summed E-state index contributed by atoms with van der Waals surface area (Å²) in [4.78, 5) is 0. The van der Waals surface area contributed by atoms with E-state index in [1.54, 1.807) is 0 Å². The molecule has 4 rings (SSSR count). The van der Waals surface area contributed by atoms with Crippen molar-refractivity contribution in [1.29, 1.82) is 0 Å². The van der Waals surface area contributed by atoms with Gasteiger partial charge in [-0.3, -0.25) is 0 Å². The highest BCUT2D eigenvalue weighted by Gasteiger charge is 2.61. The number of rotatable bonds is 1. The number of hydrogen-bond acceptors (Lipinski definition) is 2. The van der Waals surface area contributed by atoms with Crippen molar-refractivity contribution in [2.75, 3.05) is 0 Å². The van der Waals surface area contributed by atoms with Crippen molar-refractivity contribution >= 4 is 0 Å². The Morgan fingerprint density at radius 1 is 0.913 bits per heavy atom. The summed E-state index contributed by atoms with van der Waals surface area (Å²) >= 11 is 0. The number of fused-ring (bicyclic) bond motifs is 5. The standard InChI is InChI=1S/C21H37NO/c1-4-13-5-6-16-15-12-19(23)18-11-14(22)7-9-21(18,3)17(15)8-10-20(13,16)2/h13-19,23H,4-12,22H2,1-3H3/t13-,14+,15-,16-,17-,18?,19+,20+,21+/m0/s1. The van der Waals surface area contributed by atoms with Gasteiger partial charge in [-0.1, -0.05) is 27.2 Å². The lowest BCUT2D eigenvalue weighted by atomic mass is 9.44. The first-order chi connectivity index (χ1) is 10.9. The maximum absolute atomic E-state index is 11.0. The van der Waals surface area contributed by atoms with E-state index in [2.05, 4.69) is 20.8 Å². The zero-order valence-corrected chi connectivity index (χ0v) is 15.4. The van der Waals surface area contributed by atoms with Crippen molar-refractivity contribution in [3.8, 4) is 0 Å². The molecule has 0 aromatic heterocycles. The average Bonchev–Trinajstić information content (AvgIpc) is 2.86. The van der Waals surface area contributed by atoms with Crippen LogP contribution in [0.3, 0.4) is 0 Å². The second-order valence-electron chi connectivity index (χ2n) is 10.1. The van der Waals surface area contributed by atoms with E-state index in [4.69, 9.17) is 5.73 Å². The highest BCUT2D eigenvalue weighted by Crippen LogP contribution is 2.67. The molecule has 4 saturated carbocycles. The van der Waals surface area contributed by atoms with Gasteiger partial charge in [-0.15, -0.1) is 0 Å². The molecule has 132 valence electrons. The van der Waals surface area contributed by atoms with Crippen LogP contribution in [0, 0.1) is 40.4 Å². The zero-order chi connectivity index (χ0) is 16.4. The minimum atomic E-state index is -0.101. The van der Waals surface area contributed by atoms with Gasteiger partial charge >= 0.3 is 0 Å². The summed E-state index contributed by atoms with van der Waals surface area (Å²) in [7, 11) is 0. The van der Waals surface area contributed by atoms with Crippen LogP contribution in [-0.4, -0.2) is 17.3 Å². The number of hydrogen-bond donors (Lipinski definition) is 2. The van der Waals surface area contributed by atoms with Gasteiger partial charge < -0.3 is 10.8 Å². The Bertz CT molecular complexity index is 465. The summed E-state index contributed by atoms with van der Waals surface area (Å²) in [6.07, 6.45) is 11.5. The molecule has 9 atom stereocenters. The van der Waals surface area contributed by atoms with Gasteiger partial charge in [0.05, 0.1) is 6.10 Å². The largest absolute Gasteiger partial charge is 0.393 e. The third kappa shape index (κ3) is 2.20. The fourth-order valence-corrected chi connectivity index (χ4v) is 8.11. The summed E-state index contributed by atoms with van der Waals surface area (Å²) in [6.45, 7) is 7.49. The zero-order valence-electron chi connectivity index (χ0n) is 15.4. The van der Waals surface area contributed by atoms with E-state index >= 15 is 0 Å². The second-order valence-corrected chi connectivity index (χ2v) is 10.1. The lowest BCUT2D eigenvalue weighted by molar-refractivity contribution is -0.159. The molecule has 0 spiro atoms. The maximum Gasteiger partial charge on any atom is 0.0577 e. The van der Waals surface area contributed by atoms with Crippen molar-refractivity contribution in [2.24, 2.45) is 46.2 Å². The number of aliphatic hydroxyl groups excluding tert-OH is 1. The summed E-state index contributed by atoms with van der Waals surface area (Å²) in [5.74, 6) is 3.87. The van der Waals surface area contributed by atoms with Gasteiger partial charge in [-0.2, -0.15) is 0 Å². The first kappa shape index (κ1) is 16.4. The van der Waals surface area contributed by atoms with Crippen LogP contribution in [0.25, 0.3) is 0 Å². The molecule has 2 nitrogen and oxygen atoms in total. The minimum Gasteiger partial charge on any atom is -0.393 e. The van der Waals surface area contributed by atoms with Crippen LogP contribution in [0.5, 0.6) is 0 Å². The lowest BCUT2D eigenvalue weighted by Crippen LogP contribution is -2.58. The molecule has 2 heteroatoms. The fourth-order valence-electron chi connectivity index (χ4n) is 8.11. The third-order valence-electron chi connectivity index (χ3n) is 9.41. The summed E-state index contributed by atoms with van der Waals surface area (Å²) in [5.41, 5.74) is 7.17. The molecule has 0 amide bonds. The van der Waals surface area contributed by atoms with Gasteiger partial charge in [0.15, 0.2) is 0 Å². The smallest absolute Gasteiger partial charge is 0.0577 e. The molecule has 0 aliphatic heterocycles. The molecule has 4 fully saturated rings. The van der Waals surface area contributed by atoms with E-state index in [-0.39, 0.29) is 6.10 Å². The quantitative estimate of drug-likeness (QED) is 0.754. The third-order valence-corrected chi connectivity index (χ3v) is 9.41. The molecular weight excluding hydrogens is 282 g/mol. The second kappa shape index (κ2) is 5.46. The first-order valence-electron chi connectivity index (χ1n) is 10.3. The van der Waals surface area contributed by atoms with Crippen molar-refractivity contribution in [2.45, 2.75) is 90.7 Å². The molecule has 0 bridgehead atoms. The van der Waals surface area contributed by atoms with Gasteiger partial charge in [0.25, 0.3) is 0 Å². The van der Waals surface area contributed by atoms with Crippen LogP contribution < -0.4 is 5.73 Å². The lowest BCUT2D eigenvalue weighted by Gasteiger charge is -2.62. The minimum absolute atomic E-state index is 0.101. The van der Waals surface area contributed by atoms with Crippen LogP contribution in [0.15, 0.2) is 0 Å². The topological polar surface area (TPSA) is 46.2 Å². The van der Waals surface area contributed by atoms with Gasteiger partial charge in [0.1, 0.15) is 0 Å². The maximum atomic E-state index is 11.0. The monoisotopic (exact) mass is 319 g/mol. The molecule has 4 aliphatic rings. The summed E-state index contributed by atoms with van der Waals surface area (Å²) < 4.78 is 0. The van der Waals surface area contributed by atoms with Crippen molar-refractivity contribution < 1.29 is 5.11 Å².